The molecule has 33 heavy (non-hydrogen) atoms. The minimum Gasteiger partial charge on any atom is -0.507 e. The molecule has 0 unspecified atom stereocenters. The molecule has 0 saturated carbocycles. The Kier molecular flexibility index (Phi) is 6.11. The second kappa shape index (κ2) is 9.18. The van der Waals surface area contributed by atoms with Crippen molar-refractivity contribution in [2.45, 2.75) is 31.8 Å². The summed E-state index contributed by atoms with van der Waals surface area (Å²) in [5.41, 5.74) is 2.84. The lowest BCUT2D eigenvalue weighted by molar-refractivity contribution is 0.101. The predicted molar refractivity (Wildman–Crippen MR) is 129 cm³/mol. The third-order valence-electron chi connectivity index (χ3n) is 6.21. The fraction of sp³-hybridized carbons (Fsp3) is 0.231. The van der Waals surface area contributed by atoms with Gasteiger partial charge in [0.15, 0.2) is 5.76 Å². The molecule has 2 aliphatic rings. The van der Waals surface area contributed by atoms with Crippen molar-refractivity contribution < 1.29 is 14.6 Å². The van der Waals surface area contributed by atoms with Gasteiger partial charge in [0.05, 0.1) is 11.1 Å². The number of likely N-dealkylation sites (tertiary alicyclic amines) is 1. The zero-order valence-corrected chi connectivity index (χ0v) is 19.3. The quantitative estimate of drug-likeness (QED) is 0.435. The standard InChI is InChI=1S/C26H22Cl2N2O3/c27-18-7-6-16(21(28)13-18)12-24-25(32)19-8-9-23(31)20(26(19)33-24)15-30-11-2-1-5-22(30)17-4-3-10-29-14-17/h3-4,6-10,12-14,22,31H,1-2,5,11,15H2/b24-12-/t22-/m0/s1. The minimum atomic E-state index is -0.236. The molecule has 1 N–H and O–H groups in total. The van der Waals surface area contributed by atoms with E-state index in [4.69, 9.17) is 27.9 Å². The Morgan fingerprint density at radius 1 is 1.18 bits per heavy atom. The first-order chi connectivity index (χ1) is 16.0. The Balaban J connectivity index is 1.47. The van der Waals surface area contributed by atoms with E-state index in [-0.39, 0.29) is 23.3 Å². The Morgan fingerprint density at radius 2 is 2.06 bits per heavy atom. The number of benzene rings is 2. The number of hydrogen-bond donors (Lipinski definition) is 1. The lowest BCUT2D eigenvalue weighted by Gasteiger charge is -2.36. The van der Waals surface area contributed by atoms with Gasteiger partial charge >= 0.3 is 0 Å². The van der Waals surface area contributed by atoms with Gasteiger partial charge in [0.2, 0.25) is 5.78 Å². The number of Topliss-reactive ketones (excluding diaryl/α,β-unsaturated/α-hetero) is 1. The summed E-state index contributed by atoms with van der Waals surface area (Å²) in [6.45, 7) is 1.36. The van der Waals surface area contributed by atoms with Gasteiger partial charge in [0.25, 0.3) is 0 Å². The van der Waals surface area contributed by atoms with Crippen molar-refractivity contribution in [1.82, 2.24) is 9.88 Å². The molecule has 0 spiro atoms. The Bertz CT molecular complexity index is 1240. The molecule has 1 saturated heterocycles. The van der Waals surface area contributed by atoms with E-state index in [0.29, 0.717) is 39.0 Å². The molecule has 1 atom stereocenters. The number of ketones is 1. The minimum absolute atomic E-state index is 0.114. The highest BCUT2D eigenvalue weighted by Crippen LogP contribution is 2.42. The van der Waals surface area contributed by atoms with Gasteiger partial charge in [-0.1, -0.05) is 41.8 Å². The van der Waals surface area contributed by atoms with E-state index in [9.17, 15) is 9.90 Å². The molecule has 5 rings (SSSR count). The summed E-state index contributed by atoms with van der Waals surface area (Å²) in [4.78, 5) is 19.7. The van der Waals surface area contributed by atoms with Crippen molar-refractivity contribution in [3.63, 3.8) is 0 Å². The summed E-state index contributed by atoms with van der Waals surface area (Å²) in [5.74, 6) is 0.456. The molecule has 0 amide bonds. The molecule has 168 valence electrons. The summed E-state index contributed by atoms with van der Waals surface area (Å²) in [5, 5.41) is 11.7. The maximum absolute atomic E-state index is 13.1. The van der Waals surface area contributed by atoms with E-state index in [1.807, 2.05) is 12.3 Å². The molecular weight excluding hydrogens is 459 g/mol. The van der Waals surface area contributed by atoms with E-state index in [0.717, 1.165) is 31.4 Å². The van der Waals surface area contributed by atoms with Gasteiger partial charge in [0, 0.05) is 35.0 Å². The molecule has 3 aromatic rings. The summed E-state index contributed by atoms with van der Waals surface area (Å²) in [6.07, 6.45) is 8.51. The van der Waals surface area contributed by atoms with Crippen LogP contribution in [0.3, 0.4) is 0 Å². The molecule has 3 heterocycles. The molecule has 2 aliphatic heterocycles. The van der Waals surface area contributed by atoms with Gasteiger partial charge in [-0.3, -0.25) is 14.7 Å². The van der Waals surface area contributed by atoms with Crippen LogP contribution in [0.1, 0.15) is 52.4 Å². The van der Waals surface area contributed by atoms with Gasteiger partial charge in [-0.15, -0.1) is 0 Å². The van der Waals surface area contributed by atoms with Crippen molar-refractivity contribution in [3.8, 4) is 11.5 Å². The number of piperidine rings is 1. The highest BCUT2D eigenvalue weighted by molar-refractivity contribution is 6.35. The molecule has 0 aliphatic carbocycles. The van der Waals surface area contributed by atoms with Gasteiger partial charge in [-0.2, -0.15) is 0 Å². The molecule has 5 nitrogen and oxygen atoms in total. The molecule has 2 aromatic carbocycles. The normalized spacial score (nSPS) is 19.5. The molecule has 0 bridgehead atoms. The topological polar surface area (TPSA) is 62.7 Å². The van der Waals surface area contributed by atoms with Gasteiger partial charge in [0.1, 0.15) is 11.5 Å². The first kappa shape index (κ1) is 22.0. The van der Waals surface area contributed by atoms with Crippen molar-refractivity contribution in [2.75, 3.05) is 6.54 Å². The fourth-order valence-electron chi connectivity index (χ4n) is 4.54. The number of pyridine rings is 1. The van der Waals surface area contributed by atoms with E-state index in [1.54, 1.807) is 42.6 Å². The van der Waals surface area contributed by atoms with Crippen LogP contribution in [0.25, 0.3) is 6.08 Å². The van der Waals surface area contributed by atoms with E-state index < -0.39 is 0 Å². The summed E-state index contributed by atoms with van der Waals surface area (Å²) < 4.78 is 6.02. The average molecular weight is 481 g/mol. The van der Waals surface area contributed by atoms with Crippen molar-refractivity contribution >= 4 is 35.1 Å². The Morgan fingerprint density at radius 3 is 2.85 bits per heavy atom. The maximum Gasteiger partial charge on any atom is 0.231 e. The van der Waals surface area contributed by atoms with Gasteiger partial charge in [-0.25, -0.2) is 0 Å². The van der Waals surface area contributed by atoms with Crippen molar-refractivity contribution in [1.29, 1.82) is 0 Å². The second-order valence-electron chi connectivity index (χ2n) is 8.31. The third-order valence-corrected chi connectivity index (χ3v) is 6.77. The largest absolute Gasteiger partial charge is 0.507 e. The number of fused-ring (bicyclic) bond motifs is 1. The second-order valence-corrected chi connectivity index (χ2v) is 9.16. The van der Waals surface area contributed by atoms with Crippen molar-refractivity contribution in [2.24, 2.45) is 0 Å². The Hall–Kier alpha value is -2.86. The number of aromatic nitrogens is 1. The number of allylic oxidation sites excluding steroid dienone is 1. The number of carbonyl (C=O) groups excluding carboxylic acids is 1. The van der Waals surface area contributed by atoms with Crippen LogP contribution in [0.15, 0.2) is 60.6 Å². The first-order valence-electron chi connectivity index (χ1n) is 10.9. The zero-order valence-electron chi connectivity index (χ0n) is 17.8. The number of phenolic OH excluding ortho intramolecular Hbond substituents is 1. The van der Waals surface area contributed by atoms with E-state index in [1.165, 1.54) is 0 Å². The van der Waals surface area contributed by atoms with E-state index >= 15 is 0 Å². The van der Waals surface area contributed by atoms with Crippen LogP contribution < -0.4 is 4.74 Å². The van der Waals surface area contributed by atoms with Gasteiger partial charge in [-0.05, 0) is 66.9 Å². The summed E-state index contributed by atoms with van der Waals surface area (Å²) >= 11 is 12.3. The SMILES string of the molecule is O=C1/C(=C/c2ccc(Cl)cc2Cl)Oc2c1ccc(O)c2CN1CCCC[C@H]1c1cccnc1. The van der Waals surface area contributed by atoms with Crippen LogP contribution in [0.2, 0.25) is 10.0 Å². The smallest absolute Gasteiger partial charge is 0.231 e. The molecule has 7 heteroatoms. The highest BCUT2D eigenvalue weighted by Gasteiger charge is 2.33. The Labute approximate surface area is 202 Å². The zero-order chi connectivity index (χ0) is 22.9. The van der Waals surface area contributed by atoms with Crippen LogP contribution >= 0.6 is 23.2 Å². The number of hydrogen-bond acceptors (Lipinski definition) is 5. The molecular formula is C26H22Cl2N2O3. The average Bonchev–Trinajstić information content (AvgIpc) is 3.14. The molecule has 1 fully saturated rings. The number of carbonyl (C=O) groups is 1. The van der Waals surface area contributed by atoms with Crippen LogP contribution in [0, 0.1) is 0 Å². The maximum atomic E-state index is 13.1. The number of nitrogens with zero attached hydrogens (tertiary/aromatic N) is 2. The monoisotopic (exact) mass is 480 g/mol. The fourth-order valence-corrected chi connectivity index (χ4v) is 5.01. The van der Waals surface area contributed by atoms with E-state index in [2.05, 4.69) is 16.0 Å². The third kappa shape index (κ3) is 4.36. The number of phenols is 1. The van der Waals surface area contributed by atoms with Crippen molar-refractivity contribution in [3.05, 3.63) is 92.9 Å². The van der Waals surface area contributed by atoms with Gasteiger partial charge < -0.3 is 9.84 Å². The molecule has 0 radical (unpaired) electrons. The number of halogens is 2. The van der Waals surface area contributed by atoms with Crippen LogP contribution in [-0.2, 0) is 6.54 Å². The predicted octanol–water partition coefficient (Wildman–Crippen LogP) is 6.44. The number of aromatic hydroxyl groups is 1. The van der Waals surface area contributed by atoms with Crippen LogP contribution in [0.5, 0.6) is 11.5 Å². The lowest BCUT2D eigenvalue weighted by Crippen LogP contribution is -2.33. The lowest BCUT2D eigenvalue weighted by atomic mass is 9.95. The number of ether oxygens (including phenoxy) is 1. The first-order valence-corrected chi connectivity index (χ1v) is 11.6. The highest BCUT2D eigenvalue weighted by atomic mass is 35.5. The summed E-state index contributed by atoms with van der Waals surface area (Å²) in [6, 6.07) is 12.5. The number of rotatable bonds is 4. The van der Waals surface area contributed by atoms with Crippen LogP contribution in [0.4, 0.5) is 0 Å². The summed E-state index contributed by atoms with van der Waals surface area (Å²) in [7, 11) is 0. The molecule has 1 aromatic heterocycles. The van der Waals surface area contributed by atoms with Crippen LogP contribution in [-0.4, -0.2) is 27.3 Å².